The largest absolute Gasteiger partial charge is 0.381 e. The second-order valence-corrected chi connectivity index (χ2v) is 2.87. The van der Waals surface area contributed by atoms with Crippen LogP contribution >= 0.6 is 0 Å². The lowest BCUT2D eigenvalue weighted by atomic mass is 9.92. The standard InChI is InChI=1S/C8H16O/c1-3-7-5-9-6-8(7)4-2/h7-8H,3-6H2,1-2H3. The Morgan fingerprint density at radius 3 is 1.89 bits per heavy atom. The molecule has 1 rings (SSSR count). The van der Waals surface area contributed by atoms with E-state index in [0.717, 1.165) is 25.0 Å². The lowest BCUT2D eigenvalue weighted by molar-refractivity contribution is 0.179. The summed E-state index contributed by atoms with van der Waals surface area (Å²) < 4.78 is 5.35. The van der Waals surface area contributed by atoms with Crippen molar-refractivity contribution in [1.82, 2.24) is 0 Å². The predicted octanol–water partition coefficient (Wildman–Crippen LogP) is 2.07. The molecule has 1 aliphatic heterocycles. The molecule has 54 valence electrons. The summed E-state index contributed by atoms with van der Waals surface area (Å²) in [7, 11) is 0. The molecule has 0 amide bonds. The number of hydrogen-bond donors (Lipinski definition) is 0. The van der Waals surface area contributed by atoms with E-state index in [1.54, 1.807) is 0 Å². The molecule has 1 heteroatoms. The molecular formula is C8H16O. The summed E-state index contributed by atoms with van der Waals surface area (Å²) in [5, 5.41) is 0. The van der Waals surface area contributed by atoms with Crippen molar-refractivity contribution < 1.29 is 4.74 Å². The minimum absolute atomic E-state index is 0.856. The molecule has 2 unspecified atom stereocenters. The van der Waals surface area contributed by atoms with Gasteiger partial charge in [-0.2, -0.15) is 0 Å². The first-order chi connectivity index (χ1) is 4.38. The third kappa shape index (κ3) is 1.45. The highest BCUT2D eigenvalue weighted by atomic mass is 16.5. The highest BCUT2D eigenvalue weighted by molar-refractivity contribution is 4.72. The van der Waals surface area contributed by atoms with E-state index in [1.165, 1.54) is 12.8 Å². The summed E-state index contributed by atoms with van der Waals surface area (Å²) in [6.07, 6.45) is 2.58. The van der Waals surface area contributed by atoms with E-state index < -0.39 is 0 Å². The fourth-order valence-corrected chi connectivity index (χ4v) is 1.55. The Labute approximate surface area is 57.4 Å². The molecule has 0 aliphatic carbocycles. The molecule has 2 atom stereocenters. The van der Waals surface area contributed by atoms with Gasteiger partial charge in [0.05, 0.1) is 0 Å². The van der Waals surface area contributed by atoms with Gasteiger partial charge in [-0.3, -0.25) is 0 Å². The number of rotatable bonds is 2. The van der Waals surface area contributed by atoms with Gasteiger partial charge in [0.15, 0.2) is 0 Å². The molecule has 1 heterocycles. The Hall–Kier alpha value is -0.0400. The van der Waals surface area contributed by atoms with Crippen LogP contribution in [-0.2, 0) is 4.74 Å². The predicted molar refractivity (Wildman–Crippen MR) is 38.4 cm³/mol. The smallest absolute Gasteiger partial charge is 0.0497 e. The average Bonchev–Trinajstić information content (AvgIpc) is 2.33. The van der Waals surface area contributed by atoms with Crippen molar-refractivity contribution in [2.45, 2.75) is 26.7 Å². The molecule has 0 aromatic rings. The summed E-state index contributed by atoms with van der Waals surface area (Å²) >= 11 is 0. The molecule has 0 aromatic heterocycles. The van der Waals surface area contributed by atoms with Gasteiger partial charge in [-0.15, -0.1) is 0 Å². The van der Waals surface area contributed by atoms with Crippen LogP contribution in [0.4, 0.5) is 0 Å². The third-order valence-corrected chi connectivity index (χ3v) is 2.38. The Morgan fingerprint density at radius 2 is 1.56 bits per heavy atom. The fraction of sp³-hybridized carbons (Fsp3) is 1.00. The van der Waals surface area contributed by atoms with Gasteiger partial charge >= 0.3 is 0 Å². The first-order valence-electron chi connectivity index (χ1n) is 3.96. The molecule has 0 bridgehead atoms. The van der Waals surface area contributed by atoms with Crippen LogP contribution in [0.5, 0.6) is 0 Å². The summed E-state index contributed by atoms with van der Waals surface area (Å²) in [6.45, 7) is 6.52. The highest BCUT2D eigenvalue weighted by Gasteiger charge is 2.24. The minimum atomic E-state index is 0.856. The molecular weight excluding hydrogens is 112 g/mol. The van der Waals surface area contributed by atoms with Crippen LogP contribution in [0, 0.1) is 11.8 Å². The molecule has 0 saturated carbocycles. The van der Waals surface area contributed by atoms with Crippen LogP contribution in [0.15, 0.2) is 0 Å². The van der Waals surface area contributed by atoms with Crippen LogP contribution < -0.4 is 0 Å². The molecule has 0 radical (unpaired) electrons. The van der Waals surface area contributed by atoms with Gasteiger partial charge in [0.1, 0.15) is 0 Å². The number of hydrogen-bond acceptors (Lipinski definition) is 1. The molecule has 1 fully saturated rings. The topological polar surface area (TPSA) is 9.23 Å². The van der Waals surface area contributed by atoms with Crippen LogP contribution in [0.1, 0.15) is 26.7 Å². The fourth-order valence-electron chi connectivity index (χ4n) is 1.55. The van der Waals surface area contributed by atoms with Gasteiger partial charge in [-0.05, 0) is 11.8 Å². The van der Waals surface area contributed by atoms with Crippen molar-refractivity contribution in [1.29, 1.82) is 0 Å². The maximum atomic E-state index is 5.35. The summed E-state index contributed by atoms with van der Waals surface area (Å²) in [4.78, 5) is 0. The molecule has 1 aliphatic rings. The SMILES string of the molecule is CCC1COCC1CC. The van der Waals surface area contributed by atoms with E-state index in [-0.39, 0.29) is 0 Å². The zero-order chi connectivity index (χ0) is 6.69. The first-order valence-corrected chi connectivity index (χ1v) is 3.96. The van der Waals surface area contributed by atoms with Gasteiger partial charge < -0.3 is 4.74 Å². The maximum absolute atomic E-state index is 5.35. The van der Waals surface area contributed by atoms with Gasteiger partial charge in [-0.1, -0.05) is 26.7 Å². The van der Waals surface area contributed by atoms with Crippen LogP contribution in [0.3, 0.4) is 0 Å². The Bertz CT molecular complexity index is 70.6. The van der Waals surface area contributed by atoms with E-state index in [9.17, 15) is 0 Å². The van der Waals surface area contributed by atoms with E-state index >= 15 is 0 Å². The van der Waals surface area contributed by atoms with Crippen molar-refractivity contribution >= 4 is 0 Å². The van der Waals surface area contributed by atoms with Crippen molar-refractivity contribution in [3.8, 4) is 0 Å². The first kappa shape index (κ1) is 7.07. The maximum Gasteiger partial charge on any atom is 0.0497 e. The second-order valence-electron chi connectivity index (χ2n) is 2.87. The Morgan fingerprint density at radius 1 is 1.11 bits per heavy atom. The Balaban J connectivity index is 2.32. The molecule has 9 heavy (non-hydrogen) atoms. The van der Waals surface area contributed by atoms with E-state index in [0.29, 0.717) is 0 Å². The van der Waals surface area contributed by atoms with Gasteiger partial charge in [0.25, 0.3) is 0 Å². The molecule has 0 spiro atoms. The van der Waals surface area contributed by atoms with Gasteiger partial charge in [0.2, 0.25) is 0 Å². The van der Waals surface area contributed by atoms with Crippen molar-refractivity contribution in [2.24, 2.45) is 11.8 Å². The van der Waals surface area contributed by atoms with Crippen LogP contribution in [0.25, 0.3) is 0 Å². The third-order valence-electron chi connectivity index (χ3n) is 2.38. The number of ether oxygens (including phenoxy) is 1. The lowest BCUT2D eigenvalue weighted by Crippen LogP contribution is -2.09. The summed E-state index contributed by atoms with van der Waals surface area (Å²) in [5.41, 5.74) is 0. The van der Waals surface area contributed by atoms with Gasteiger partial charge in [-0.25, -0.2) is 0 Å². The summed E-state index contributed by atoms with van der Waals surface area (Å²) in [6, 6.07) is 0. The highest BCUT2D eigenvalue weighted by Crippen LogP contribution is 2.25. The van der Waals surface area contributed by atoms with Crippen molar-refractivity contribution in [3.63, 3.8) is 0 Å². The zero-order valence-corrected chi connectivity index (χ0v) is 6.39. The zero-order valence-electron chi connectivity index (χ0n) is 6.39. The summed E-state index contributed by atoms with van der Waals surface area (Å²) in [5.74, 6) is 1.71. The monoisotopic (exact) mass is 128 g/mol. The minimum Gasteiger partial charge on any atom is -0.381 e. The average molecular weight is 128 g/mol. The second kappa shape index (κ2) is 3.21. The van der Waals surface area contributed by atoms with Crippen molar-refractivity contribution in [3.05, 3.63) is 0 Å². The van der Waals surface area contributed by atoms with E-state index in [2.05, 4.69) is 13.8 Å². The molecule has 1 saturated heterocycles. The quantitative estimate of drug-likeness (QED) is 0.553. The van der Waals surface area contributed by atoms with E-state index in [1.807, 2.05) is 0 Å². The molecule has 1 nitrogen and oxygen atoms in total. The van der Waals surface area contributed by atoms with Crippen molar-refractivity contribution in [2.75, 3.05) is 13.2 Å². The van der Waals surface area contributed by atoms with E-state index in [4.69, 9.17) is 4.74 Å². The van der Waals surface area contributed by atoms with Crippen LogP contribution in [-0.4, -0.2) is 13.2 Å². The van der Waals surface area contributed by atoms with Gasteiger partial charge in [0, 0.05) is 13.2 Å². The molecule has 0 aromatic carbocycles. The normalized spacial score (nSPS) is 35.3. The molecule has 0 N–H and O–H groups in total. The van der Waals surface area contributed by atoms with Crippen LogP contribution in [0.2, 0.25) is 0 Å². The Kier molecular flexibility index (Phi) is 2.52. The lowest BCUT2D eigenvalue weighted by Gasteiger charge is -2.11.